The van der Waals surface area contributed by atoms with Crippen molar-refractivity contribution in [2.24, 2.45) is 5.41 Å². The SMILES string of the molecule is CCCCCC(C)(C)CNS(=O)(=O)c1cc(CNC)cs1. The van der Waals surface area contributed by atoms with Gasteiger partial charge < -0.3 is 5.32 Å². The summed E-state index contributed by atoms with van der Waals surface area (Å²) in [5, 5.41) is 4.91. The predicted molar refractivity (Wildman–Crippen MR) is 90.2 cm³/mol. The van der Waals surface area contributed by atoms with Gasteiger partial charge in [0.05, 0.1) is 0 Å². The van der Waals surface area contributed by atoms with Crippen LogP contribution in [0.15, 0.2) is 15.7 Å². The first-order valence-electron chi connectivity index (χ1n) is 7.52. The minimum absolute atomic E-state index is 0.00664. The van der Waals surface area contributed by atoms with Crippen molar-refractivity contribution < 1.29 is 8.42 Å². The highest BCUT2D eigenvalue weighted by Crippen LogP contribution is 2.25. The van der Waals surface area contributed by atoms with Crippen LogP contribution in [-0.2, 0) is 16.6 Å². The molecular formula is C15H28N2O2S2. The van der Waals surface area contributed by atoms with E-state index < -0.39 is 10.0 Å². The van der Waals surface area contributed by atoms with Crippen LogP contribution in [-0.4, -0.2) is 22.0 Å². The van der Waals surface area contributed by atoms with Crippen molar-refractivity contribution in [2.75, 3.05) is 13.6 Å². The largest absolute Gasteiger partial charge is 0.316 e. The van der Waals surface area contributed by atoms with Gasteiger partial charge in [-0.2, -0.15) is 0 Å². The predicted octanol–water partition coefficient (Wildman–Crippen LogP) is 3.35. The number of hydrogen-bond donors (Lipinski definition) is 2. The lowest BCUT2D eigenvalue weighted by atomic mass is 9.87. The van der Waals surface area contributed by atoms with Gasteiger partial charge in [-0.15, -0.1) is 11.3 Å². The summed E-state index contributed by atoms with van der Waals surface area (Å²) in [6.45, 7) is 7.58. The average Bonchev–Trinajstić information content (AvgIpc) is 2.87. The molecule has 1 aromatic rings. The van der Waals surface area contributed by atoms with Crippen LogP contribution in [0.3, 0.4) is 0 Å². The molecule has 1 heterocycles. The van der Waals surface area contributed by atoms with Gasteiger partial charge in [0.15, 0.2) is 0 Å². The second kappa shape index (κ2) is 8.27. The van der Waals surface area contributed by atoms with Gasteiger partial charge in [0.25, 0.3) is 0 Å². The number of sulfonamides is 1. The van der Waals surface area contributed by atoms with Gasteiger partial charge in [-0.25, -0.2) is 13.1 Å². The molecule has 0 spiro atoms. The Bertz CT molecular complexity index is 522. The Morgan fingerprint density at radius 1 is 1.29 bits per heavy atom. The van der Waals surface area contributed by atoms with E-state index >= 15 is 0 Å². The molecule has 0 bridgehead atoms. The zero-order valence-electron chi connectivity index (χ0n) is 13.5. The maximum atomic E-state index is 12.3. The van der Waals surface area contributed by atoms with Crippen LogP contribution in [0.4, 0.5) is 0 Å². The fourth-order valence-corrected chi connectivity index (χ4v) is 4.59. The molecule has 1 rings (SSSR count). The fourth-order valence-electron chi connectivity index (χ4n) is 2.09. The number of unbranched alkanes of at least 4 members (excludes halogenated alkanes) is 2. The van der Waals surface area contributed by atoms with Crippen LogP contribution in [0.2, 0.25) is 0 Å². The van der Waals surface area contributed by atoms with E-state index in [0.717, 1.165) is 18.4 Å². The average molecular weight is 333 g/mol. The third-order valence-electron chi connectivity index (χ3n) is 3.47. The minimum Gasteiger partial charge on any atom is -0.316 e. The van der Waals surface area contributed by atoms with Crippen molar-refractivity contribution >= 4 is 21.4 Å². The first-order chi connectivity index (χ1) is 9.80. The summed E-state index contributed by atoms with van der Waals surface area (Å²) < 4.78 is 27.8. The van der Waals surface area contributed by atoms with Gasteiger partial charge in [0, 0.05) is 13.1 Å². The highest BCUT2D eigenvalue weighted by atomic mass is 32.2. The molecule has 0 amide bonds. The summed E-state index contributed by atoms with van der Waals surface area (Å²) in [5.41, 5.74) is 0.998. The molecule has 21 heavy (non-hydrogen) atoms. The van der Waals surface area contributed by atoms with E-state index in [0.29, 0.717) is 17.3 Å². The Balaban J connectivity index is 2.59. The topological polar surface area (TPSA) is 58.2 Å². The molecule has 0 saturated carbocycles. The fraction of sp³-hybridized carbons (Fsp3) is 0.733. The van der Waals surface area contributed by atoms with Crippen molar-refractivity contribution in [2.45, 2.75) is 57.2 Å². The van der Waals surface area contributed by atoms with Gasteiger partial charge in [-0.1, -0.05) is 40.0 Å². The van der Waals surface area contributed by atoms with Crippen LogP contribution < -0.4 is 10.0 Å². The first kappa shape index (κ1) is 18.6. The van der Waals surface area contributed by atoms with Gasteiger partial charge in [0.1, 0.15) is 4.21 Å². The minimum atomic E-state index is -3.38. The molecule has 0 aliphatic heterocycles. The molecule has 1 aromatic heterocycles. The van der Waals surface area contributed by atoms with E-state index in [-0.39, 0.29) is 5.41 Å². The van der Waals surface area contributed by atoms with E-state index in [4.69, 9.17) is 0 Å². The number of rotatable bonds is 10. The summed E-state index contributed by atoms with van der Waals surface area (Å²) in [7, 11) is -1.53. The van der Waals surface area contributed by atoms with Gasteiger partial charge in [0.2, 0.25) is 10.0 Å². The molecule has 4 nitrogen and oxygen atoms in total. The zero-order chi connectivity index (χ0) is 15.9. The van der Waals surface area contributed by atoms with E-state index in [1.54, 1.807) is 6.07 Å². The van der Waals surface area contributed by atoms with Crippen molar-refractivity contribution in [3.8, 4) is 0 Å². The Kier molecular flexibility index (Phi) is 7.33. The Morgan fingerprint density at radius 2 is 2.00 bits per heavy atom. The van der Waals surface area contributed by atoms with E-state index in [1.165, 1.54) is 24.2 Å². The monoisotopic (exact) mass is 332 g/mol. The Morgan fingerprint density at radius 3 is 2.62 bits per heavy atom. The van der Waals surface area contributed by atoms with Crippen molar-refractivity contribution in [3.63, 3.8) is 0 Å². The standard InChI is InChI=1S/C15H28N2O2S2/c1-5-6-7-8-15(2,3)12-17-21(18,19)14-9-13(10-16-4)11-20-14/h9,11,16-17H,5-8,10,12H2,1-4H3. The lowest BCUT2D eigenvalue weighted by Gasteiger charge is -2.24. The Hall–Kier alpha value is -0.430. The Labute approximate surface area is 133 Å². The van der Waals surface area contributed by atoms with Gasteiger partial charge in [-0.05, 0) is 35.9 Å². The third-order valence-corrected chi connectivity index (χ3v) is 6.36. The van der Waals surface area contributed by atoms with Crippen molar-refractivity contribution in [1.29, 1.82) is 0 Å². The van der Waals surface area contributed by atoms with E-state index in [9.17, 15) is 8.42 Å². The van der Waals surface area contributed by atoms with Crippen LogP contribution in [0, 0.1) is 5.41 Å². The number of thiophene rings is 1. The third kappa shape index (κ3) is 6.46. The normalized spacial score (nSPS) is 12.8. The molecule has 2 N–H and O–H groups in total. The van der Waals surface area contributed by atoms with E-state index in [1.807, 2.05) is 12.4 Å². The molecule has 0 radical (unpaired) electrons. The quantitative estimate of drug-likeness (QED) is 0.646. The van der Waals surface area contributed by atoms with Gasteiger partial charge in [-0.3, -0.25) is 0 Å². The summed E-state index contributed by atoms with van der Waals surface area (Å²) in [5.74, 6) is 0. The molecular weight excluding hydrogens is 304 g/mol. The summed E-state index contributed by atoms with van der Waals surface area (Å²) in [4.78, 5) is 0. The molecule has 0 atom stereocenters. The van der Waals surface area contributed by atoms with E-state index in [2.05, 4.69) is 30.8 Å². The summed E-state index contributed by atoms with van der Waals surface area (Å²) >= 11 is 1.28. The second-order valence-corrected chi connectivity index (χ2v) is 9.16. The lowest BCUT2D eigenvalue weighted by molar-refractivity contribution is 0.320. The van der Waals surface area contributed by atoms with Crippen molar-refractivity contribution in [3.05, 3.63) is 17.0 Å². The molecule has 0 unspecified atom stereocenters. The van der Waals surface area contributed by atoms with Crippen LogP contribution in [0.25, 0.3) is 0 Å². The number of nitrogens with one attached hydrogen (secondary N) is 2. The molecule has 122 valence electrons. The molecule has 0 fully saturated rings. The second-order valence-electron chi connectivity index (χ2n) is 6.25. The molecule has 0 aromatic carbocycles. The maximum absolute atomic E-state index is 12.3. The molecule has 0 aliphatic carbocycles. The lowest BCUT2D eigenvalue weighted by Crippen LogP contribution is -2.33. The van der Waals surface area contributed by atoms with Crippen LogP contribution in [0.1, 0.15) is 52.0 Å². The smallest absolute Gasteiger partial charge is 0.250 e. The molecule has 0 aliphatic rings. The van der Waals surface area contributed by atoms with Crippen LogP contribution in [0.5, 0.6) is 0 Å². The van der Waals surface area contributed by atoms with Crippen LogP contribution >= 0.6 is 11.3 Å². The highest BCUT2D eigenvalue weighted by molar-refractivity contribution is 7.91. The highest BCUT2D eigenvalue weighted by Gasteiger charge is 2.23. The zero-order valence-corrected chi connectivity index (χ0v) is 15.2. The van der Waals surface area contributed by atoms with Crippen molar-refractivity contribution in [1.82, 2.24) is 10.0 Å². The van der Waals surface area contributed by atoms with Gasteiger partial charge >= 0.3 is 0 Å². The molecule has 0 saturated heterocycles. The summed E-state index contributed by atoms with van der Waals surface area (Å²) in [6.07, 6.45) is 4.58. The maximum Gasteiger partial charge on any atom is 0.250 e. The number of hydrogen-bond acceptors (Lipinski definition) is 4. The summed E-state index contributed by atoms with van der Waals surface area (Å²) in [6, 6.07) is 1.74. The molecule has 6 heteroatoms. The first-order valence-corrected chi connectivity index (χ1v) is 9.89.